The molecule has 0 saturated carbocycles. The molecule has 25 aromatic rings. The molecule has 0 aliphatic carbocycles. The SMILES string of the molecule is CC(C)c1ccc2cc3c(cc2c1)c1cc(-c2ccc(C(F)(F)F)cc2)cc2c4cc5cc(C(C)C)ccc5cc4n3c12.CC(C)c1ccc2cc3c(cc2c1)c1cc(-c2ccc(Sc4ccccc4)cc2)cc2c4cc5cc(C(C)C)ccc5cc4n3c12.COc1ccc(-c2cc3c4cc5cc(C(C)C)ccc5cc4n4c5cc6ccc(C(C)C)cc6cc5c(c2)c34)cc1. The quantitative estimate of drug-likeness (QED) is 0.122. The maximum atomic E-state index is 13.4. The van der Waals surface area contributed by atoms with Gasteiger partial charge in [0.25, 0.3) is 0 Å². The molecule has 8 heteroatoms. The first kappa shape index (κ1) is 80.6. The number of nitrogens with zero attached hydrogens (tertiary/aromatic N) is 3. The molecule has 0 aliphatic heterocycles. The van der Waals surface area contributed by atoms with Crippen molar-refractivity contribution in [1.82, 2.24) is 13.2 Å². The van der Waals surface area contributed by atoms with E-state index in [1.165, 1.54) is 218 Å². The summed E-state index contributed by atoms with van der Waals surface area (Å²) < 4.78 is 53.0. The lowest BCUT2D eigenvalue weighted by Crippen LogP contribution is -2.03. The van der Waals surface area contributed by atoms with E-state index in [1.807, 2.05) is 11.8 Å². The number of alkyl halides is 3. The number of halogens is 3. The standard InChI is InChI=1S/C44H35NS.C39H30F3N.C39H33NO/c1-26(2)29-10-12-31-24-42-38(20-33(31)18-29)40-22-35(28-14-16-37(17-15-28)46-36-8-6-5-7-9-36)23-41-39-21-34-19-30(27(3)4)11-13-32(34)25-43(39)45(42)44(40)41;1-21(2)24-5-7-26-19-36-32(15-28(26)13-24)34-17-30(23-9-11-31(12-10-23)39(40,41)42)18-35-33-16-29-14-25(22(3)4)6-8-27(29)20-37(33)43(36)38(34)35;1-22(2)25-6-8-27-20-37-33(16-29(27)14-25)35-18-31(24-10-12-32(41-5)13-11-24)19-36-34-17-30-15-26(23(3)4)7-9-28(30)21-38(34)40(37)39(35)36/h5-27H,1-4H3;5-22H,1-4H3;6-23H,1-5H3. The Morgan fingerprint density at radius 2 is 0.454 bits per heavy atom. The first-order valence-corrected chi connectivity index (χ1v) is 46.8. The van der Waals surface area contributed by atoms with E-state index in [1.54, 1.807) is 19.2 Å². The Balaban J connectivity index is 0.000000111. The van der Waals surface area contributed by atoms with Crippen molar-refractivity contribution in [2.24, 2.45) is 0 Å². The monoisotopic (exact) mass is 1710 g/mol. The molecule has 0 amide bonds. The van der Waals surface area contributed by atoms with Crippen LogP contribution < -0.4 is 4.74 Å². The topological polar surface area (TPSA) is 22.5 Å². The minimum Gasteiger partial charge on any atom is -0.497 e. The molecule has 25 rings (SSSR count). The Hall–Kier alpha value is -13.9. The fourth-order valence-corrected chi connectivity index (χ4v) is 21.7. The van der Waals surface area contributed by atoms with Crippen LogP contribution >= 0.6 is 11.8 Å². The number of ether oxygens (including phenoxy) is 1. The molecule has 0 fully saturated rings. The fourth-order valence-electron chi connectivity index (χ4n) is 20.8. The molecule has 0 spiro atoms. The highest BCUT2D eigenvalue weighted by atomic mass is 32.2. The van der Waals surface area contributed by atoms with Gasteiger partial charge in [-0.15, -0.1) is 0 Å². The summed E-state index contributed by atoms with van der Waals surface area (Å²) in [6.45, 7) is 27.0. The molecule has 634 valence electrons. The van der Waals surface area contributed by atoms with Crippen LogP contribution in [0, 0.1) is 0 Å². The Morgan fingerprint density at radius 1 is 0.223 bits per heavy atom. The molecule has 0 saturated heterocycles. The fraction of sp³-hybridized carbons (Fsp3) is 0.164. The zero-order valence-electron chi connectivity index (χ0n) is 75.4. The lowest BCUT2D eigenvalue weighted by Gasteiger charge is -2.10. The van der Waals surface area contributed by atoms with Gasteiger partial charge in [-0.3, -0.25) is 0 Å². The van der Waals surface area contributed by atoms with Gasteiger partial charge in [0.15, 0.2) is 0 Å². The number of benzene rings is 19. The van der Waals surface area contributed by atoms with E-state index >= 15 is 0 Å². The van der Waals surface area contributed by atoms with Gasteiger partial charge in [0, 0.05) is 74.4 Å². The molecule has 0 radical (unpaired) electrons. The molecule has 130 heavy (non-hydrogen) atoms. The predicted molar refractivity (Wildman–Crippen MR) is 551 cm³/mol. The summed E-state index contributed by atoms with van der Waals surface area (Å²) in [6, 6.07) is 117. The number of hydrogen-bond donors (Lipinski definition) is 0. The number of rotatable bonds is 12. The first-order valence-electron chi connectivity index (χ1n) is 46.0. The van der Waals surface area contributed by atoms with Crippen molar-refractivity contribution < 1.29 is 17.9 Å². The van der Waals surface area contributed by atoms with Crippen LogP contribution in [0.2, 0.25) is 0 Å². The summed E-state index contributed by atoms with van der Waals surface area (Å²) in [4.78, 5) is 2.51. The van der Waals surface area contributed by atoms with Gasteiger partial charge in [-0.05, 0) is 325 Å². The Labute approximate surface area is 757 Å². The van der Waals surface area contributed by atoms with Crippen molar-refractivity contribution in [2.75, 3.05) is 7.11 Å². The Bertz CT molecular complexity index is 8490. The minimum absolute atomic E-state index is 0.426. The lowest BCUT2D eigenvalue weighted by atomic mass is 9.95. The third kappa shape index (κ3) is 13.4. The van der Waals surface area contributed by atoms with Crippen molar-refractivity contribution in [2.45, 2.75) is 135 Å². The molecule has 4 nitrogen and oxygen atoms in total. The van der Waals surface area contributed by atoms with Crippen LogP contribution in [0.5, 0.6) is 5.75 Å². The Kier molecular flexibility index (Phi) is 19.0. The highest BCUT2D eigenvalue weighted by Gasteiger charge is 2.31. The number of aromatic nitrogens is 3. The van der Waals surface area contributed by atoms with Crippen LogP contribution in [-0.4, -0.2) is 20.3 Å². The molecular formula is C122H98F3N3OS. The van der Waals surface area contributed by atoms with Gasteiger partial charge >= 0.3 is 6.18 Å². The normalized spacial score (nSPS) is 12.6. The van der Waals surface area contributed by atoms with Crippen molar-refractivity contribution in [1.29, 1.82) is 0 Å². The largest absolute Gasteiger partial charge is 0.497 e. The van der Waals surface area contributed by atoms with E-state index in [0.29, 0.717) is 35.5 Å². The van der Waals surface area contributed by atoms with E-state index in [0.717, 1.165) is 55.0 Å². The summed E-state index contributed by atoms with van der Waals surface area (Å²) >= 11 is 1.81. The van der Waals surface area contributed by atoms with Crippen LogP contribution in [-0.2, 0) is 6.18 Å². The average molecular weight is 1710 g/mol. The first-order chi connectivity index (χ1) is 62.9. The molecule has 6 heterocycles. The van der Waals surface area contributed by atoms with Crippen LogP contribution in [0.25, 0.3) is 212 Å². The van der Waals surface area contributed by atoms with Gasteiger partial charge in [0.05, 0.1) is 62.3 Å². The van der Waals surface area contributed by atoms with Gasteiger partial charge < -0.3 is 17.9 Å². The maximum absolute atomic E-state index is 13.4. The van der Waals surface area contributed by atoms with Crippen LogP contribution in [0.3, 0.4) is 0 Å². The number of methoxy groups -OCH3 is 1. The van der Waals surface area contributed by atoms with Crippen LogP contribution in [0.1, 0.15) is 158 Å². The van der Waals surface area contributed by atoms with Gasteiger partial charge in [0.1, 0.15) is 5.75 Å². The van der Waals surface area contributed by atoms with Crippen molar-refractivity contribution >= 4 is 191 Å². The minimum atomic E-state index is -4.37. The van der Waals surface area contributed by atoms with Gasteiger partial charge in [-0.25, -0.2) is 0 Å². The molecule has 0 N–H and O–H groups in total. The van der Waals surface area contributed by atoms with E-state index in [-0.39, 0.29) is 0 Å². The zero-order valence-corrected chi connectivity index (χ0v) is 76.2. The van der Waals surface area contributed by atoms with Gasteiger partial charge in [0.2, 0.25) is 0 Å². The second-order valence-electron chi connectivity index (χ2n) is 38.3. The average Bonchev–Trinajstić information content (AvgIpc) is 1.54. The number of hydrogen-bond acceptors (Lipinski definition) is 2. The highest BCUT2D eigenvalue weighted by Crippen LogP contribution is 2.50. The lowest BCUT2D eigenvalue weighted by molar-refractivity contribution is -0.137. The van der Waals surface area contributed by atoms with E-state index in [2.05, 4.69) is 394 Å². The molecule has 0 aliphatic rings. The van der Waals surface area contributed by atoms with Crippen LogP contribution in [0.15, 0.2) is 331 Å². The summed E-state index contributed by atoms with van der Waals surface area (Å²) in [7, 11) is 1.72. The van der Waals surface area contributed by atoms with Gasteiger partial charge in [-0.2, -0.15) is 13.2 Å². The van der Waals surface area contributed by atoms with Crippen molar-refractivity contribution in [3.63, 3.8) is 0 Å². The molecule has 0 unspecified atom stereocenters. The molecular weight excluding hydrogens is 1610 g/mol. The second kappa shape index (κ2) is 30.6. The van der Waals surface area contributed by atoms with Crippen molar-refractivity contribution in [3.05, 3.63) is 360 Å². The Morgan fingerprint density at radius 3 is 0.685 bits per heavy atom. The third-order valence-corrected chi connectivity index (χ3v) is 29.2. The summed E-state index contributed by atoms with van der Waals surface area (Å²) in [5, 5.41) is 30.2. The third-order valence-electron chi connectivity index (χ3n) is 28.2. The van der Waals surface area contributed by atoms with Crippen molar-refractivity contribution in [3.8, 4) is 39.1 Å². The smallest absolute Gasteiger partial charge is 0.416 e. The van der Waals surface area contributed by atoms with E-state index < -0.39 is 11.7 Å². The molecule has 0 bridgehead atoms. The summed E-state index contributed by atoms with van der Waals surface area (Å²) in [5.74, 6) is 3.72. The van der Waals surface area contributed by atoms with E-state index in [9.17, 15) is 13.2 Å². The highest BCUT2D eigenvalue weighted by molar-refractivity contribution is 7.99. The maximum Gasteiger partial charge on any atom is 0.416 e. The van der Waals surface area contributed by atoms with Gasteiger partial charge in [-0.1, -0.05) is 259 Å². The predicted octanol–water partition coefficient (Wildman–Crippen LogP) is 36.3. The molecule has 0 atom stereocenters. The molecule has 19 aromatic carbocycles. The van der Waals surface area contributed by atoms with E-state index in [4.69, 9.17) is 4.74 Å². The second-order valence-corrected chi connectivity index (χ2v) is 39.4. The molecule has 6 aromatic heterocycles. The number of fused-ring (bicyclic) bond motifs is 24. The van der Waals surface area contributed by atoms with Crippen LogP contribution in [0.4, 0.5) is 13.2 Å². The summed E-state index contributed by atoms with van der Waals surface area (Å²) in [6.07, 6.45) is -4.37. The summed E-state index contributed by atoms with van der Waals surface area (Å²) in [5.41, 5.74) is 25.3. The zero-order chi connectivity index (χ0) is 88.9.